The van der Waals surface area contributed by atoms with Crippen molar-refractivity contribution in [3.05, 3.63) is 57.1 Å². The van der Waals surface area contributed by atoms with Crippen LogP contribution in [0.15, 0.2) is 47.3 Å². The summed E-state index contributed by atoms with van der Waals surface area (Å²) in [6.45, 7) is 0. The monoisotopic (exact) mass is 261 g/mol. The fourth-order valence-electron chi connectivity index (χ4n) is 1.18. The van der Waals surface area contributed by atoms with Gasteiger partial charge >= 0.3 is 0 Å². The molecule has 4 heteroatoms. The van der Waals surface area contributed by atoms with E-state index < -0.39 is 0 Å². The maximum atomic E-state index is 11.4. The summed E-state index contributed by atoms with van der Waals surface area (Å²) in [5.74, 6) is -0.119. The molecule has 1 N–H and O–H groups in total. The molecule has 0 atom stereocenters. The summed E-state index contributed by atoms with van der Waals surface area (Å²) in [6.07, 6.45) is 6.87. The van der Waals surface area contributed by atoms with E-state index in [2.05, 4.69) is 5.32 Å². The minimum absolute atomic E-state index is 0.119. The standard InChI is InChI=1S/C13H11NOS2/c15-13(6-5-11-3-1-9-16-11)14-8-7-12-4-2-10-17-12/h1-10H,(H,14,15)/b6-5+,8-7+. The molecule has 0 fully saturated rings. The smallest absolute Gasteiger partial charge is 0.247 e. The van der Waals surface area contributed by atoms with Gasteiger partial charge in [0.25, 0.3) is 0 Å². The first kappa shape index (κ1) is 11.8. The fourth-order valence-corrected chi connectivity index (χ4v) is 2.42. The van der Waals surface area contributed by atoms with Gasteiger partial charge < -0.3 is 5.32 Å². The molecule has 0 saturated carbocycles. The van der Waals surface area contributed by atoms with Gasteiger partial charge in [0.15, 0.2) is 0 Å². The Kier molecular flexibility index (Phi) is 4.30. The average Bonchev–Trinajstić information content (AvgIpc) is 2.99. The molecule has 0 aromatic carbocycles. The second kappa shape index (κ2) is 6.18. The maximum absolute atomic E-state index is 11.4. The van der Waals surface area contributed by atoms with Gasteiger partial charge in [0, 0.05) is 22.0 Å². The van der Waals surface area contributed by atoms with Crippen molar-refractivity contribution in [1.82, 2.24) is 5.32 Å². The van der Waals surface area contributed by atoms with Gasteiger partial charge in [-0.3, -0.25) is 4.79 Å². The molecule has 86 valence electrons. The predicted molar refractivity (Wildman–Crippen MR) is 74.8 cm³/mol. The largest absolute Gasteiger partial charge is 0.329 e. The highest BCUT2D eigenvalue weighted by Crippen LogP contribution is 2.10. The van der Waals surface area contributed by atoms with E-state index in [4.69, 9.17) is 0 Å². The average molecular weight is 261 g/mol. The molecule has 1 amide bonds. The summed E-state index contributed by atoms with van der Waals surface area (Å²) in [6, 6.07) is 7.90. The van der Waals surface area contributed by atoms with Gasteiger partial charge in [0.05, 0.1) is 0 Å². The Hall–Kier alpha value is -1.65. The number of carbonyl (C=O) groups is 1. The van der Waals surface area contributed by atoms with Crippen LogP contribution in [0.2, 0.25) is 0 Å². The van der Waals surface area contributed by atoms with Gasteiger partial charge in [-0.05, 0) is 35.0 Å². The third-order valence-corrected chi connectivity index (χ3v) is 3.63. The maximum Gasteiger partial charge on any atom is 0.247 e. The summed E-state index contributed by atoms with van der Waals surface area (Å²) >= 11 is 3.24. The lowest BCUT2D eigenvalue weighted by Crippen LogP contribution is -2.12. The molecule has 0 aliphatic carbocycles. The summed E-state index contributed by atoms with van der Waals surface area (Å²) in [7, 11) is 0. The summed E-state index contributed by atoms with van der Waals surface area (Å²) in [5.41, 5.74) is 0. The summed E-state index contributed by atoms with van der Waals surface area (Å²) in [4.78, 5) is 13.6. The number of rotatable bonds is 4. The van der Waals surface area contributed by atoms with Crippen LogP contribution in [0.4, 0.5) is 0 Å². The summed E-state index contributed by atoms with van der Waals surface area (Å²) < 4.78 is 0. The molecule has 0 saturated heterocycles. The molecular formula is C13H11NOS2. The van der Waals surface area contributed by atoms with Crippen molar-refractivity contribution >= 4 is 40.7 Å². The number of nitrogens with one attached hydrogen (secondary N) is 1. The van der Waals surface area contributed by atoms with Crippen LogP contribution < -0.4 is 5.32 Å². The minimum Gasteiger partial charge on any atom is -0.329 e. The number of hydrogen-bond donors (Lipinski definition) is 1. The Morgan fingerprint density at radius 3 is 2.29 bits per heavy atom. The van der Waals surface area contributed by atoms with Crippen LogP contribution in [0.5, 0.6) is 0 Å². The molecule has 0 aliphatic heterocycles. The van der Waals surface area contributed by atoms with E-state index in [1.165, 1.54) is 6.08 Å². The number of hydrogen-bond acceptors (Lipinski definition) is 3. The molecule has 2 aromatic rings. The lowest BCUT2D eigenvalue weighted by molar-refractivity contribution is -0.115. The second-order valence-corrected chi connectivity index (χ2v) is 5.16. The van der Waals surface area contributed by atoms with Gasteiger partial charge in [0.1, 0.15) is 0 Å². The Balaban J connectivity index is 1.82. The third-order valence-electron chi connectivity index (χ3n) is 1.96. The predicted octanol–water partition coefficient (Wildman–Crippen LogP) is 3.61. The van der Waals surface area contributed by atoms with E-state index in [1.54, 1.807) is 34.9 Å². The lowest BCUT2D eigenvalue weighted by atomic mass is 10.4. The van der Waals surface area contributed by atoms with Gasteiger partial charge in [-0.2, -0.15) is 0 Å². The highest BCUT2D eigenvalue weighted by atomic mass is 32.1. The number of thiophene rings is 2. The second-order valence-electron chi connectivity index (χ2n) is 3.21. The van der Waals surface area contributed by atoms with E-state index in [0.717, 1.165) is 9.75 Å². The fraction of sp³-hybridized carbons (Fsp3) is 0. The van der Waals surface area contributed by atoms with E-state index in [1.807, 2.05) is 41.1 Å². The zero-order valence-corrected chi connectivity index (χ0v) is 10.6. The lowest BCUT2D eigenvalue weighted by Gasteiger charge is -1.91. The van der Waals surface area contributed by atoms with Gasteiger partial charge in [-0.1, -0.05) is 12.1 Å². The zero-order valence-electron chi connectivity index (χ0n) is 9.00. The first-order valence-corrected chi connectivity index (χ1v) is 6.83. The van der Waals surface area contributed by atoms with E-state index in [0.29, 0.717) is 0 Å². The first-order chi connectivity index (χ1) is 8.34. The van der Waals surface area contributed by atoms with E-state index >= 15 is 0 Å². The zero-order chi connectivity index (χ0) is 11.9. The van der Waals surface area contributed by atoms with Gasteiger partial charge in [-0.15, -0.1) is 22.7 Å². The van der Waals surface area contributed by atoms with Crippen molar-refractivity contribution in [2.75, 3.05) is 0 Å². The quantitative estimate of drug-likeness (QED) is 0.837. The van der Waals surface area contributed by atoms with Crippen LogP contribution in [0.25, 0.3) is 12.2 Å². The molecule has 2 rings (SSSR count). The van der Waals surface area contributed by atoms with Gasteiger partial charge in [-0.25, -0.2) is 0 Å². The van der Waals surface area contributed by atoms with Crippen molar-refractivity contribution in [3.63, 3.8) is 0 Å². The van der Waals surface area contributed by atoms with Crippen LogP contribution in [-0.4, -0.2) is 5.91 Å². The van der Waals surface area contributed by atoms with E-state index in [9.17, 15) is 4.79 Å². The SMILES string of the molecule is O=C(/C=C/c1cccs1)N/C=C/c1cccs1. The Labute approximate surface area is 108 Å². The molecule has 0 spiro atoms. The Bertz CT molecular complexity index is 510. The van der Waals surface area contributed by atoms with E-state index in [-0.39, 0.29) is 5.91 Å². The minimum atomic E-state index is -0.119. The summed E-state index contributed by atoms with van der Waals surface area (Å²) in [5, 5.41) is 6.67. The number of amides is 1. The first-order valence-electron chi connectivity index (χ1n) is 5.07. The van der Waals surface area contributed by atoms with Crippen LogP contribution in [0, 0.1) is 0 Å². The molecule has 17 heavy (non-hydrogen) atoms. The molecule has 0 radical (unpaired) electrons. The van der Waals surface area contributed by atoms with Crippen molar-refractivity contribution in [3.8, 4) is 0 Å². The highest BCUT2D eigenvalue weighted by molar-refractivity contribution is 7.11. The van der Waals surface area contributed by atoms with Crippen molar-refractivity contribution in [2.45, 2.75) is 0 Å². The molecule has 0 bridgehead atoms. The van der Waals surface area contributed by atoms with Gasteiger partial charge in [0.2, 0.25) is 5.91 Å². The normalized spacial score (nSPS) is 11.3. The van der Waals surface area contributed by atoms with Crippen LogP contribution in [-0.2, 0) is 4.79 Å². The third kappa shape index (κ3) is 4.01. The molecule has 2 aromatic heterocycles. The van der Waals surface area contributed by atoms with Crippen LogP contribution in [0.3, 0.4) is 0 Å². The topological polar surface area (TPSA) is 29.1 Å². The Morgan fingerprint density at radius 1 is 1.06 bits per heavy atom. The van der Waals surface area contributed by atoms with Crippen molar-refractivity contribution in [2.24, 2.45) is 0 Å². The highest BCUT2D eigenvalue weighted by Gasteiger charge is 1.92. The van der Waals surface area contributed by atoms with Crippen LogP contribution in [0.1, 0.15) is 9.75 Å². The Morgan fingerprint density at radius 2 is 1.71 bits per heavy atom. The molecule has 0 aliphatic rings. The number of carbonyl (C=O) groups excluding carboxylic acids is 1. The van der Waals surface area contributed by atoms with Crippen LogP contribution >= 0.6 is 22.7 Å². The molecule has 0 unspecified atom stereocenters. The molecule has 2 nitrogen and oxygen atoms in total. The van der Waals surface area contributed by atoms with Crippen molar-refractivity contribution < 1.29 is 4.79 Å². The molecular weight excluding hydrogens is 250 g/mol. The van der Waals surface area contributed by atoms with Crippen molar-refractivity contribution in [1.29, 1.82) is 0 Å². The molecule has 2 heterocycles.